The van der Waals surface area contributed by atoms with Crippen molar-refractivity contribution in [3.05, 3.63) is 29.8 Å². The number of hydroxylamine groups is 1. The summed E-state index contributed by atoms with van der Waals surface area (Å²) in [5.41, 5.74) is 1.32. The van der Waals surface area contributed by atoms with Crippen molar-refractivity contribution in [3.8, 4) is 0 Å². The molecule has 1 aromatic rings. The summed E-state index contributed by atoms with van der Waals surface area (Å²) in [5, 5.41) is 9.53. The van der Waals surface area contributed by atoms with Gasteiger partial charge in [0.1, 0.15) is 6.04 Å². The Morgan fingerprint density at radius 3 is 2.37 bits per heavy atom. The lowest BCUT2D eigenvalue weighted by atomic mass is 10.0. The first-order valence-electron chi connectivity index (χ1n) is 12.7. The average Bonchev–Trinajstić information content (AvgIpc) is 2.82. The van der Waals surface area contributed by atoms with Gasteiger partial charge in [0.25, 0.3) is 0 Å². The van der Waals surface area contributed by atoms with E-state index in [9.17, 15) is 31.5 Å². The highest BCUT2D eigenvalue weighted by atomic mass is 32.2. The Morgan fingerprint density at radius 2 is 1.84 bits per heavy atom. The summed E-state index contributed by atoms with van der Waals surface area (Å²) in [6, 6.07) is 2.35. The number of carbonyl (C=O) groups is 1. The summed E-state index contributed by atoms with van der Waals surface area (Å²) in [6.07, 6.45) is -3.64. The van der Waals surface area contributed by atoms with E-state index in [0.29, 0.717) is 12.5 Å². The second-order valence-corrected chi connectivity index (χ2v) is 12.6. The fourth-order valence-electron chi connectivity index (χ4n) is 4.17. The number of benzene rings is 1. The number of carbonyl (C=O) groups excluding carboxylic acids is 1. The molecule has 0 saturated carbocycles. The quantitative estimate of drug-likeness (QED) is 0.227. The molecule has 1 amide bonds. The smallest absolute Gasteiger partial charge is 0.395 e. The summed E-state index contributed by atoms with van der Waals surface area (Å²) < 4.78 is 72.6. The molecule has 1 saturated heterocycles. The number of aliphatic hydroxyl groups excluding tert-OH is 1. The van der Waals surface area contributed by atoms with Gasteiger partial charge in [-0.25, -0.2) is 8.42 Å². The van der Waals surface area contributed by atoms with E-state index in [0.717, 1.165) is 22.5 Å². The number of nitrogens with zero attached hydrogens (tertiary/aromatic N) is 2. The molecule has 0 aliphatic carbocycles. The molecule has 13 heteroatoms. The maximum Gasteiger partial charge on any atom is 0.416 e. The van der Waals surface area contributed by atoms with Crippen molar-refractivity contribution in [1.82, 2.24) is 14.7 Å². The molecule has 0 unspecified atom stereocenters. The van der Waals surface area contributed by atoms with E-state index < -0.39 is 51.0 Å². The zero-order valence-corrected chi connectivity index (χ0v) is 23.4. The van der Waals surface area contributed by atoms with Crippen LogP contribution in [-0.4, -0.2) is 79.4 Å². The zero-order valence-electron chi connectivity index (χ0n) is 22.6. The molecule has 1 aliphatic rings. The van der Waals surface area contributed by atoms with E-state index in [1.54, 1.807) is 4.90 Å². The standard InChI is InChI=1S/C25H40F3N3O6S/c1-18(2)15-22(29-37-17-36-24(3,4)5)23(33)30-11-9-20(10-12-30)31(13-14-32)38(34,35)21-8-6-7-19(16-21)25(26,27)28/h6-8,16,18,20,22,29,32H,9-15,17H2,1-5H3/t22-/m1/s1. The van der Waals surface area contributed by atoms with Gasteiger partial charge < -0.3 is 14.7 Å². The zero-order chi connectivity index (χ0) is 28.7. The average molecular weight is 568 g/mol. The first-order valence-corrected chi connectivity index (χ1v) is 14.1. The molecular formula is C25H40F3N3O6S. The summed E-state index contributed by atoms with van der Waals surface area (Å²) in [5.74, 6) is 0.00104. The van der Waals surface area contributed by atoms with Gasteiger partial charge in [-0.15, -0.1) is 0 Å². The third-order valence-corrected chi connectivity index (χ3v) is 8.00. The highest BCUT2D eigenvalue weighted by molar-refractivity contribution is 7.89. The topological polar surface area (TPSA) is 108 Å². The van der Waals surface area contributed by atoms with E-state index >= 15 is 0 Å². The maximum atomic E-state index is 13.3. The number of halogens is 3. The van der Waals surface area contributed by atoms with Crippen LogP contribution in [-0.2, 0) is 30.6 Å². The lowest BCUT2D eigenvalue weighted by Gasteiger charge is -2.39. The second kappa shape index (κ2) is 13.5. The van der Waals surface area contributed by atoms with Gasteiger partial charge in [-0.2, -0.15) is 23.0 Å². The number of alkyl halides is 3. The lowest BCUT2D eigenvalue weighted by molar-refractivity contribution is -0.167. The normalized spacial score (nSPS) is 16.9. The van der Waals surface area contributed by atoms with Crippen molar-refractivity contribution in [2.75, 3.05) is 33.0 Å². The molecule has 0 spiro atoms. The molecule has 0 aromatic heterocycles. The molecule has 1 heterocycles. The monoisotopic (exact) mass is 567 g/mol. The summed E-state index contributed by atoms with van der Waals surface area (Å²) in [7, 11) is -4.32. The van der Waals surface area contributed by atoms with Gasteiger partial charge in [0.2, 0.25) is 15.9 Å². The Balaban J connectivity index is 2.10. The van der Waals surface area contributed by atoms with Gasteiger partial charge in [-0.3, -0.25) is 9.63 Å². The predicted molar refractivity (Wildman–Crippen MR) is 135 cm³/mol. The van der Waals surface area contributed by atoms with Crippen molar-refractivity contribution >= 4 is 15.9 Å². The predicted octanol–water partition coefficient (Wildman–Crippen LogP) is 3.39. The molecule has 9 nitrogen and oxygen atoms in total. The third kappa shape index (κ3) is 9.45. The first kappa shape index (κ1) is 32.4. The minimum absolute atomic E-state index is 0.0447. The van der Waals surface area contributed by atoms with E-state index in [-0.39, 0.29) is 51.1 Å². The number of amides is 1. The number of likely N-dealkylation sites (tertiary alicyclic amines) is 1. The molecule has 2 rings (SSSR count). The Morgan fingerprint density at radius 1 is 1.21 bits per heavy atom. The summed E-state index contributed by atoms with van der Waals surface area (Å²) >= 11 is 0. The summed E-state index contributed by atoms with van der Waals surface area (Å²) in [4.78, 5) is 19.8. The van der Waals surface area contributed by atoms with Crippen LogP contribution in [0.1, 0.15) is 59.4 Å². The Hall–Kier alpha value is -1.77. The van der Waals surface area contributed by atoms with Crippen LogP contribution in [0.2, 0.25) is 0 Å². The number of ether oxygens (including phenoxy) is 1. The first-order chi connectivity index (χ1) is 17.6. The number of piperidine rings is 1. The fourth-order valence-corrected chi connectivity index (χ4v) is 5.89. The number of aliphatic hydroxyl groups is 1. The Kier molecular flexibility index (Phi) is 11.6. The van der Waals surface area contributed by atoms with Gasteiger partial charge in [-0.05, 0) is 64.2 Å². The molecular weight excluding hydrogens is 527 g/mol. The highest BCUT2D eigenvalue weighted by Gasteiger charge is 2.37. The van der Waals surface area contributed by atoms with Crippen molar-refractivity contribution < 1.29 is 41.1 Å². The molecule has 2 N–H and O–H groups in total. The van der Waals surface area contributed by atoms with Crippen LogP contribution in [0.25, 0.3) is 0 Å². The van der Waals surface area contributed by atoms with E-state index in [1.807, 2.05) is 34.6 Å². The molecule has 1 aliphatic heterocycles. The van der Waals surface area contributed by atoms with Crippen LogP contribution in [0.5, 0.6) is 0 Å². The van der Waals surface area contributed by atoms with Crippen LogP contribution in [0, 0.1) is 5.92 Å². The van der Waals surface area contributed by atoms with E-state index in [2.05, 4.69) is 5.48 Å². The molecule has 218 valence electrons. The van der Waals surface area contributed by atoms with Crippen LogP contribution in [0.4, 0.5) is 13.2 Å². The third-order valence-electron chi connectivity index (χ3n) is 6.05. The van der Waals surface area contributed by atoms with Gasteiger partial charge in [-0.1, -0.05) is 19.9 Å². The van der Waals surface area contributed by atoms with Crippen molar-refractivity contribution in [2.45, 2.75) is 82.6 Å². The Bertz CT molecular complexity index is 1010. The van der Waals surface area contributed by atoms with Gasteiger partial charge in [0, 0.05) is 25.7 Å². The molecule has 1 atom stereocenters. The van der Waals surface area contributed by atoms with Crippen molar-refractivity contribution in [3.63, 3.8) is 0 Å². The fraction of sp³-hybridized carbons (Fsp3) is 0.720. The molecule has 1 aromatic carbocycles. The summed E-state index contributed by atoms with van der Waals surface area (Å²) in [6.45, 7) is 9.28. The maximum absolute atomic E-state index is 13.3. The highest BCUT2D eigenvalue weighted by Crippen LogP contribution is 2.32. The van der Waals surface area contributed by atoms with Gasteiger partial charge in [0.15, 0.2) is 6.79 Å². The molecule has 0 bridgehead atoms. The molecule has 1 fully saturated rings. The largest absolute Gasteiger partial charge is 0.416 e. The number of rotatable bonds is 12. The minimum Gasteiger partial charge on any atom is -0.395 e. The molecule has 38 heavy (non-hydrogen) atoms. The Labute approximate surface area is 223 Å². The van der Waals surface area contributed by atoms with Crippen molar-refractivity contribution in [2.24, 2.45) is 5.92 Å². The van der Waals surface area contributed by atoms with Crippen LogP contribution < -0.4 is 5.48 Å². The van der Waals surface area contributed by atoms with E-state index in [1.165, 1.54) is 0 Å². The number of nitrogens with one attached hydrogen (secondary N) is 1. The number of hydrogen-bond donors (Lipinski definition) is 2. The SMILES string of the molecule is CC(C)C[C@@H](NOCOC(C)(C)C)C(=O)N1CCC(N(CCO)S(=O)(=O)c2cccc(C(F)(F)F)c2)CC1. The van der Waals surface area contributed by atoms with Crippen LogP contribution in [0.15, 0.2) is 29.2 Å². The molecule has 0 radical (unpaired) electrons. The van der Waals surface area contributed by atoms with Crippen molar-refractivity contribution in [1.29, 1.82) is 0 Å². The lowest BCUT2D eigenvalue weighted by Crippen LogP contribution is -2.53. The number of hydrogen-bond acceptors (Lipinski definition) is 7. The van der Waals surface area contributed by atoms with E-state index in [4.69, 9.17) is 9.57 Å². The van der Waals surface area contributed by atoms with Gasteiger partial charge in [0.05, 0.1) is 22.7 Å². The van der Waals surface area contributed by atoms with Crippen LogP contribution >= 0.6 is 0 Å². The second-order valence-electron chi connectivity index (χ2n) is 10.7. The number of sulfonamides is 1. The van der Waals surface area contributed by atoms with Gasteiger partial charge >= 0.3 is 6.18 Å². The minimum atomic E-state index is -4.69. The van der Waals surface area contributed by atoms with Crippen LogP contribution in [0.3, 0.4) is 0 Å².